The number of esters is 1. The molecule has 1 rings (SSSR count). The Hall–Kier alpha value is -1.91. The number of benzene rings is 1. The molecule has 1 aromatic rings. The summed E-state index contributed by atoms with van der Waals surface area (Å²) in [4.78, 5) is 23.3. The van der Waals surface area contributed by atoms with Gasteiger partial charge in [-0.2, -0.15) is 0 Å². The Bertz CT molecular complexity index is 460. The van der Waals surface area contributed by atoms with Crippen LogP contribution in [0.2, 0.25) is 0 Å². The molecular formula is C14H18FNO3. The van der Waals surface area contributed by atoms with E-state index in [2.05, 4.69) is 10.1 Å². The molecule has 1 aromatic carbocycles. The van der Waals surface area contributed by atoms with E-state index in [1.807, 2.05) is 0 Å². The first-order valence-corrected chi connectivity index (χ1v) is 6.07. The molecule has 0 aliphatic rings. The zero-order valence-electron chi connectivity index (χ0n) is 11.3. The fourth-order valence-corrected chi connectivity index (χ4v) is 1.56. The van der Waals surface area contributed by atoms with E-state index in [-0.39, 0.29) is 18.2 Å². The molecule has 0 spiro atoms. The van der Waals surface area contributed by atoms with Crippen LogP contribution in [-0.4, -0.2) is 25.0 Å². The predicted molar refractivity (Wildman–Crippen MR) is 68.9 cm³/mol. The van der Waals surface area contributed by atoms with E-state index < -0.39 is 17.8 Å². The molecule has 0 saturated heterocycles. The third-order valence-corrected chi connectivity index (χ3v) is 2.71. The average Bonchev–Trinajstić information content (AvgIpc) is 2.39. The number of hydrogen-bond acceptors (Lipinski definition) is 3. The molecule has 0 saturated carbocycles. The van der Waals surface area contributed by atoms with Crippen LogP contribution in [0.3, 0.4) is 0 Å². The number of carbonyl (C=O) groups excluding carboxylic acids is 2. The number of rotatable bonds is 5. The lowest BCUT2D eigenvalue weighted by molar-refractivity contribution is -0.145. The molecule has 0 heterocycles. The average molecular weight is 267 g/mol. The van der Waals surface area contributed by atoms with E-state index in [1.165, 1.54) is 13.2 Å². The SMILES string of the molecule is COC(=O)[C@@H](Cc1ccccc1F)NC(=O)C(C)C. The fourth-order valence-electron chi connectivity index (χ4n) is 1.56. The monoisotopic (exact) mass is 267 g/mol. The van der Waals surface area contributed by atoms with E-state index in [0.29, 0.717) is 5.56 Å². The number of amides is 1. The molecule has 0 unspecified atom stereocenters. The van der Waals surface area contributed by atoms with E-state index in [4.69, 9.17) is 0 Å². The number of carbonyl (C=O) groups is 2. The Kier molecular flexibility index (Phi) is 5.48. The highest BCUT2D eigenvalue weighted by atomic mass is 19.1. The predicted octanol–water partition coefficient (Wildman–Crippen LogP) is 1.68. The van der Waals surface area contributed by atoms with Gasteiger partial charge in [0.25, 0.3) is 0 Å². The van der Waals surface area contributed by atoms with Crippen molar-refractivity contribution in [3.63, 3.8) is 0 Å². The third-order valence-electron chi connectivity index (χ3n) is 2.71. The quantitative estimate of drug-likeness (QED) is 0.826. The summed E-state index contributed by atoms with van der Waals surface area (Å²) < 4.78 is 18.2. The second kappa shape index (κ2) is 6.87. The molecule has 1 atom stereocenters. The Morgan fingerprint density at radius 2 is 1.95 bits per heavy atom. The van der Waals surface area contributed by atoms with Crippen molar-refractivity contribution in [2.75, 3.05) is 7.11 Å². The largest absolute Gasteiger partial charge is 0.467 e. The van der Waals surface area contributed by atoms with E-state index in [0.717, 1.165) is 0 Å². The van der Waals surface area contributed by atoms with Crippen LogP contribution in [0.15, 0.2) is 24.3 Å². The number of methoxy groups -OCH3 is 1. The second-order valence-electron chi connectivity index (χ2n) is 4.53. The summed E-state index contributed by atoms with van der Waals surface area (Å²) in [6, 6.07) is 5.26. The highest BCUT2D eigenvalue weighted by Gasteiger charge is 2.24. The van der Waals surface area contributed by atoms with Crippen LogP contribution in [-0.2, 0) is 20.7 Å². The molecule has 0 radical (unpaired) electrons. The molecule has 0 aliphatic carbocycles. The van der Waals surface area contributed by atoms with Gasteiger partial charge in [0.05, 0.1) is 7.11 Å². The maximum atomic E-state index is 13.5. The fraction of sp³-hybridized carbons (Fsp3) is 0.429. The van der Waals surface area contributed by atoms with Crippen LogP contribution < -0.4 is 5.32 Å². The van der Waals surface area contributed by atoms with E-state index in [9.17, 15) is 14.0 Å². The minimum absolute atomic E-state index is 0.0673. The van der Waals surface area contributed by atoms with Gasteiger partial charge in [0, 0.05) is 12.3 Å². The minimum Gasteiger partial charge on any atom is -0.467 e. The first-order valence-electron chi connectivity index (χ1n) is 6.07. The molecule has 0 bridgehead atoms. The Morgan fingerprint density at radius 3 is 2.47 bits per heavy atom. The Labute approximate surface area is 112 Å². The van der Waals surface area contributed by atoms with Crippen molar-refractivity contribution in [2.24, 2.45) is 5.92 Å². The van der Waals surface area contributed by atoms with Gasteiger partial charge in [-0.25, -0.2) is 9.18 Å². The van der Waals surface area contributed by atoms with Crippen LogP contribution in [0, 0.1) is 11.7 Å². The van der Waals surface area contributed by atoms with Crippen LogP contribution >= 0.6 is 0 Å². The van der Waals surface area contributed by atoms with Crippen LogP contribution in [0.25, 0.3) is 0 Å². The van der Waals surface area contributed by atoms with Gasteiger partial charge in [-0.05, 0) is 11.6 Å². The summed E-state index contributed by atoms with van der Waals surface area (Å²) in [5, 5.41) is 2.56. The topological polar surface area (TPSA) is 55.4 Å². The van der Waals surface area contributed by atoms with Crippen molar-refractivity contribution in [1.82, 2.24) is 5.32 Å². The van der Waals surface area contributed by atoms with Gasteiger partial charge < -0.3 is 10.1 Å². The van der Waals surface area contributed by atoms with Crippen molar-refractivity contribution in [1.29, 1.82) is 0 Å². The summed E-state index contributed by atoms with van der Waals surface area (Å²) in [7, 11) is 1.23. The first kappa shape index (κ1) is 15.1. The molecule has 4 nitrogen and oxygen atoms in total. The summed E-state index contributed by atoms with van der Waals surface area (Å²) in [5.41, 5.74) is 0.363. The van der Waals surface area contributed by atoms with Crippen molar-refractivity contribution in [3.8, 4) is 0 Å². The van der Waals surface area contributed by atoms with Gasteiger partial charge in [0.15, 0.2) is 0 Å². The molecule has 19 heavy (non-hydrogen) atoms. The lowest BCUT2D eigenvalue weighted by Gasteiger charge is -2.18. The lowest BCUT2D eigenvalue weighted by atomic mass is 10.0. The normalized spacial score (nSPS) is 12.1. The molecule has 1 N–H and O–H groups in total. The smallest absolute Gasteiger partial charge is 0.328 e. The van der Waals surface area contributed by atoms with Crippen molar-refractivity contribution < 1.29 is 18.7 Å². The Balaban J connectivity index is 2.84. The Morgan fingerprint density at radius 1 is 1.32 bits per heavy atom. The molecular weight excluding hydrogens is 249 g/mol. The zero-order valence-corrected chi connectivity index (χ0v) is 11.3. The molecule has 5 heteroatoms. The van der Waals surface area contributed by atoms with E-state index in [1.54, 1.807) is 32.0 Å². The highest BCUT2D eigenvalue weighted by Crippen LogP contribution is 2.10. The van der Waals surface area contributed by atoms with Crippen molar-refractivity contribution >= 4 is 11.9 Å². The van der Waals surface area contributed by atoms with Crippen molar-refractivity contribution in [2.45, 2.75) is 26.3 Å². The summed E-state index contributed by atoms with van der Waals surface area (Å²) in [6.45, 7) is 3.43. The summed E-state index contributed by atoms with van der Waals surface area (Å²) in [6.07, 6.45) is 0.0673. The maximum Gasteiger partial charge on any atom is 0.328 e. The van der Waals surface area contributed by atoms with Gasteiger partial charge in [-0.3, -0.25) is 4.79 Å². The first-order chi connectivity index (χ1) is 8.95. The van der Waals surface area contributed by atoms with Gasteiger partial charge >= 0.3 is 5.97 Å². The van der Waals surface area contributed by atoms with Gasteiger partial charge in [-0.1, -0.05) is 32.0 Å². The molecule has 0 fully saturated rings. The second-order valence-corrected chi connectivity index (χ2v) is 4.53. The molecule has 104 valence electrons. The molecule has 0 aromatic heterocycles. The number of nitrogens with one attached hydrogen (secondary N) is 1. The standard InChI is InChI=1S/C14H18FNO3/c1-9(2)13(17)16-12(14(18)19-3)8-10-6-4-5-7-11(10)15/h4-7,9,12H,8H2,1-3H3,(H,16,17)/t12-/m1/s1. The van der Waals surface area contributed by atoms with Crippen molar-refractivity contribution in [3.05, 3.63) is 35.6 Å². The number of halogens is 1. The maximum absolute atomic E-state index is 13.5. The van der Waals surface area contributed by atoms with Gasteiger partial charge in [-0.15, -0.1) is 0 Å². The van der Waals surface area contributed by atoms with Gasteiger partial charge in [0.2, 0.25) is 5.91 Å². The summed E-state index contributed by atoms with van der Waals surface area (Å²) in [5.74, 6) is -1.52. The summed E-state index contributed by atoms with van der Waals surface area (Å²) >= 11 is 0. The highest BCUT2D eigenvalue weighted by molar-refractivity contribution is 5.85. The third kappa shape index (κ3) is 4.35. The number of ether oxygens (including phenoxy) is 1. The van der Waals surface area contributed by atoms with Gasteiger partial charge in [0.1, 0.15) is 11.9 Å². The van der Waals surface area contributed by atoms with E-state index >= 15 is 0 Å². The number of hydrogen-bond donors (Lipinski definition) is 1. The van der Waals surface area contributed by atoms with Crippen LogP contribution in [0.4, 0.5) is 4.39 Å². The molecule has 0 aliphatic heterocycles. The molecule has 1 amide bonds. The lowest BCUT2D eigenvalue weighted by Crippen LogP contribution is -2.44. The minimum atomic E-state index is -0.878. The zero-order chi connectivity index (χ0) is 14.4. The van der Waals surface area contributed by atoms with Crippen LogP contribution in [0.5, 0.6) is 0 Å². The van der Waals surface area contributed by atoms with Crippen LogP contribution in [0.1, 0.15) is 19.4 Å².